The molecule has 0 saturated heterocycles. The van der Waals surface area contributed by atoms with Crippen LogP contribution in [0.4, 0.5) is 5.69 Å². The smallest absolute Gasteiger partial charge is 0.255 e. The van der Waals surface area contributed by atoms with Crippen LogP contribution in [0, 0.1) is 0 Å². The van der Waals surface area contributed by atoms with E-state index in [0.717, 1.165) is 0 Å². The van der Waals surface area contributed by atoms with Crippen molar-refractivity contribution in [2.75, 3.05) is 18.4 Å². The first-order chi connectivity index (χ1) is 10.7. The molecule has 114 valence electrons. The van der Waals surface area contributed by atoms with Crippen molar-refractivity contribution in [3.8, 4) is 0 Å². The predicted octanol–water partition coefficient (Wildman–Crippen LogP) is 3.42. The highest BCUT2D eigenvalue weighted by Crippen LogP contribution is 2.14. The Hall–Kier alpha value is -2.62. The van der Waals surface area contributed by atoms with Crippen LogP contribution in [0.3, 0.4) is 0 Å². The summed E-state index contributed by atoms with van der Waals surface area (Å²) >= 11 is 0. The summed E-state index contributed by atoms with van der Waals surface area (Å²) in [5.41, 5.74) is 1.78. The molecular weight excluding hydrogens is 276 g/mol. The standard InChI is InChI=1S/C18H20N2O2/c1-3-20(4-2)18(22)15-11-8-12-16(13-15)19-17(21)14-9-6-5-7-10-14/h5-13H,3-4H2,1-2H3,(H,19,21). The monoisotopic (exact) mass is 296 g/mol. The van der Waals surface area contributed by atoms with Crippen molar-refractivity contribution in [2.45, 2.75) is 13.8 Å². The third-order valence-corrected chi connectivity index (χ3v) is 3.45. The van der Waals surface area contributed by atoms with Crippen LogP contribution in [0.1, 0.15) is 34.6 Å². The molecule has 0 aliphatic heterocycles. The topological polar surface area (TPSA) is 49.4 Å². The summed E-state index contributed by atoms with van der Waals surface area (Å²) in [5.74, 6) is -0.214. The van der Waals surface area contributed by atoms with Gasteiger partial charge in [0.25, 0.3) is 11.8 Å². The van der Waals surface area contributed by atoms with Crippen molar-refractivity contribution in [1.29, 1.82) is 0 Å². The summed E-state index contributed by atoms with van der Waals surface area (Å²) in [6.07, 6.45) is 0. The van der Waals surface area contributed by atoms with E-state index in [1.807, 2.05) is 32.0 Å². The molecule has 0 fully saturated rings. The molecule has 1 N–H and O–H groups in total. The molecule has 0 aliphatic carbocycles. The van der Waals surface area contributed by atoms with Gasteiger partial charge in [0.05, 0.1) is 0 Å². The largest absolute Gasteiger partial charge is 0.339 e. The zero-order valence-corrected chi connectivity index (χ0v) is 12.9. The second-order valence-electron chi connectivity index (χ2n) is 4.88. The van der Waals surface area contributed by atoms with Crippen LogP contribution < -0.4 is 5.32 Å². The van der Waals surface area contributed by atoms with E-state index in [1.165, 1.54) is 0 Å². The van der Waals surface area contributed by atoms with Crippen LogP contribution in [-0.4, -0.2) is 29.8 Å². The zero-order chi connectivity index (χ0) is 15.9. The average Bonchev–Trinajstić information content (AvgIpc) is 2.57. The van der Waals surface area contributed by atoms with Crippen LogP contribution in [-0.2, 0) is 0 Å². The van der Waals surface area contributed by atoms with E-state index in [0.29, 0.717) is 29.9 Å². The van der Waals surface area contributed by atoms with E-state index in [9.17, 15) is 9.59 Å². The Labute approximate surface area is 130 Å². The Morgan fingerprint density at radius 1 is 0.909 bits per heavy atom. The molecule has 0 atom stereocenters. The Kier molecular flexibility index (Phi) is 5.31. The fraction of sp³-hybridized carbons (Fsp3) is 0.222. The number of hydrogen-bond donors (Lipinski definition) is 1. The van der Waals surface area contributed by atoms with Gasteiger partial charge in [-0.05, 0) is 44.2 Å². The molecular formula is C18H20N2O2. The molecule has 22 heavy (non-hydrogen) atoms. The molecule has 0 bridgehead atoms. The summed E-state index contributed by atoms with van der Waals surface area (Å²) < 4.78 is 0. The lowest BCUT2D eigenvalue weighted by Gasteiger charge is -2.19. The van der Waals surface area contributed by atoms with E-state index in [1.54, 1.807) is 41.3 Å². The number of carbonyl (C=O) groups excluding carboxylic acids is 2. The summed E-state index contributed by atoms with van der Waals surface area (Å²) in [7, 11) is 0. The van der Waals surface area contributed by atoms with Crippen LogP contribution in [0.2, 0.25) is 0 Å². The quantitative estimate of drug-likeness (QED) is 0.919. The minimum absolute atomic E-state index is 0.0270. The van der Waals surface area contributed by atoms with Crippen molar-refractivity contribution in [3.05, 3.63) is 65.7 Å². The number of carbonyl (C=O) groups is 2. The first-order valence-electron chi connectivity index (χ1n) is 7.41. The number of anilines is 1. The average molecular weight is 296 g/mol. The number of amides is 2. The molecule has 0 saturated carbocycles. The van der Waals surface area contributed by atoms with Gasteiger partial charge in [-0.1, -0.05) is 24.3 Å². The third kappa shape index (κ3) is 3.73. The maximum atomic E-state index is 12.3. The third-order valence-electron chi connectivity index (χ3n) is 3.45. The molecule has 0 aromatic heterocycles. The van der Waals surface area contributed by atoms with E-state index < -0.39 is 0 Å². The van der Waals surface area contributed by atoms with Gasteiger partial charge >= 0.3 is 0 Å². The van der Waals surface area contributed by atoms with Gasteiger partial charge in [-0.15, -0.1) is 0 Å². The molecule has 4 heteroatoms. The highest BCUT2D eigenvalue weighted by atomic mass is 16.2. The number of nitrogens with zero attached hydrogens (tertiary/aromatic N) is 1. The van der Waals surface area contributed by atoms with E-state index in [2.05, 4.69) is 5.32 Å². The summed E-state index contributed by atoms with van der Waals surface area (Å²) in [6.45, 7) is 5.22. The normalized spacial score (nSPS) is 10.1. The predicted molar refractivity (Wildman–Crippen MR) is 88.1 cm³/mol. The van der Waals surface area contributed by atoms with Crippen molar-refractivity contribution in [2.24, 2.45) is 0 Å². The fourth-order valence-electron chi connectivity index (χ4n) is 2.22. The number of rotatable bonds is 5. The second kappa shape index (κ2) is 7.41. The molecule has 0 aliphatic rings. The number of nitrogens with one attached hydrogen (secondary N) is 1. The number of hydrogen-bond acceptors (Lipinski definition) is 2. The summed E-state index contributed by atoms with van der Waals surface area (Å²) in [6, 6.07) is 16.0. The minimum Gasteiger partial charge on any atom is -0.339 e. The van der Waals surface area contributed by atoms with Crippen molar-refractivity contribution in [3.63, 3.8) is 0 Å². The molecule has 2 rings (SSSR count). The molecule has 2 amide bonds. The van der Waals surface area contributed by atoms with Gasteiger partial charge in [0.1, 0.15) is 0 Å². The first kappa shape index (κ1) is 15.8. The van der Waals surface area contributed by atoms with Gasteiger partial charge in [-0.2, -0.15) is 0 Å². The maximum Gasteiger partial charge on any atom is 0.255 e. The van der Waals surface area contributed by atoms with Gasteiger partial charge in [-0.3, -0.25) is 9.59 Å². The van der Waals surface area contributed by atoms with Crippen molar-refractivity contribution in [1.82, 2.24) is 4.90 Å². The fourth-order valence-corrected chi connectivity index (χ4v) is 2.22. The lowest BCUT2D eigenvalue weighted by molar-refractivity contribution is 0.0772. The molecule has 0 radical (unpaired) electrons. The second-order valence-corrected chi connectivity index (χ2v) is 4.88. The Bertz CT molecular complexity index is 649. The summed E-state index contributed by atoms with van der Waals surface area (Å²) in [4.78, 5) is 26.2. The first-order valence-corrected chi connectivity index (χ1v) is 7.41. The van der Waals surface area contributed by atoms with Crippen molar-refractivity contribution < 1.29 is 9.59 Å². The van der Waals surface area contributed by atoms with Crippen molar-refractivity contribution >= 4 is 17.5 Å². The van der Waals surface area contributed by atoms with Crippen LogP contribution in [0.15, 0.2) is 54.6 Å². The molecule has 4 nitrogen and oxygen atoms in total. The zero-order valence-electron chi connectivity index (χ0n) is 12.9. The van der Waals surface area contributed by atoms with E-state index in [4.69, 9.17) is 0 Å². The van der Waals surface area contributed by atoms with Gasteiger partial charge in [-0.25, -0.2) is 0 Å². The van der Waals surface area contributed by atoms with Gasteiger partial charge in [0.2, 0.25) is 0 Å². The Morgan fingerprint density at radius 2 is 1.55 bits per heavy atom. The highest BCUT2D eigenvalue weighted by molar-refractivity contribution is 6.05. The van der Waals surface area contributed by atoms with E-state index >= 15 is 0 Å². The molecule has 0 heterocycles. The van der Waals surface area contributed by atoms with Crippen LogP contribution in [0.5, 0.6) is 0 Å². The maximum absolute atomic E-state index is 12.3. The lowest BCUT2D eigenvalue weighted by Crippen LogP contribution is -2.30. The van der Waals surface area contributed by atoms with Gasteiger partial charge in [0, 0.05) is 29.9 Å². The van der Waals surface area contributed by atoms with Crippen LogP contribution in [0.25, 0.3) is 0 Å². The molecule has 0 unspecified atom stereocenters. The van der Waals surface area contributed by atoms with E-state index in [-0.39, 0.29) is 11.8 Å². The SMILES string of the molecule is CCN(CC)C(=O)c1cccc(NC(=O)c2ccccc2)c1. The molecule has 2 aromatic carbocycles. The lowest BCUT2D eigenvalue weighted by atomic mass is 10.1. The molecule has 2 aromatic rings. The molecule has 0 spiro atoms. The van der Waals surface area contributed by atoms with Gasteiger partial charge in [0.15, 0.2) is 0 Å². The highest BCUT2D eigenvalue weighted by Gasteiger charge is 2.13. The number of benzene rings is 2. The minimum atomic E-state index is -0.187. The summed E-state index contributed by atoms with van der Waals surface area (Å²) in [5, 5.41) is 2.82. The van der Waals surface area contributed by atoms with Gasteiger partial charge < -0.3 is 10.2 Å². The van der Waals surface area contributed by atoms with Crippen LogP contribution >= 0.6 is 0 Å². The Balaban J connectivity index is 2.15. The Morgan fingerprint density at radius 3 is 2.18 bits per heavy atom.